The highest BCUT2D eigenvalue weighted by molar-refractivity contribution is 5.61. The van der Waals surface area contributed by atoms with Gasteiger partial charge in [-0.2, -0.15) is 31.0 Å². The van der Waals surface area contributed by atoms with Gasteiger partial charge in [0.15, 0.2) is 5.82 Å². The van der Waals surface area contributed by atoms with Crippen LogP contribution in [0.3, 0.4) is 0 Å². The Morgan fingerprint density at radius 2 is 1.52 bits per heavy atom. The van der Waals surface area contributed by atoms with Gasteiger partial charge in [-0.3, -0.25) is 4.98 Å². The van der Waals surface area contributed by atoms with Gasteiger partial charge in [0.2, 0.25) is 0 Å². The number of benzene rings is 1. The number of hydrogen-bond donors (Lipinski definition) is 0. The summed E-state index contributed by atoms with van der Waals surface area (Å²) < 4.78 is 78.1. The van der Waals surface area contributed by atoms with Crippen molar-refractivity contribution < 1.29 is 26.3 Å². The van der Waals surface area contributed by atoms with Gasteiger partial charge in [0.25, 0.3) is 0 Å². The fourth-order valence-corrected chi connectivity index (χ4v) is 2.14. The molecular weight excluding hydrogens is 352 g/mol. The van der Waals surface area contributed by atoms with Gasteiger partial charge in [-0.05, 0) is 40.8 Å². The van der Waals surface area contributed by atoms with E-state index in [0.717, 1.165) is 47.4 Å². The Labute approximate surface area is 135 Å². The first kappa shape index (κ1) is 16.9. The van der Waals surface area contributed by atoms with Gasteiger partial charge in [-0.25, -0.2) is 0 Å². The van der Waals surface area contributed by atoms with Crippen LogP contribution in [0.25, 0.3) is 17.1 Å². The second-order valence-corrected chi connectivity index (χ2v) is 4.88. The molecule has 3 rings (SSSR count). The van der Waals surface area contributed by atoms with E-state index in [-0.39, 0.29) is 17.1 Å². The van der Waals surface area contributed by atoms with Crippen LogP contribution in [-0.4, -0.2) is 25.2 Å². The summed E-state index contributed by atoms with van der Waals surface area (Å²) >= 11 is 0. The lowest BCUT2D eigenvalue weighted by molar-refractivity contribution is -0.138. The predicted octanol–water partition coefficient (Wildman–Crippen LogP) is 3.76. The van der Waals surface area contributed by atoms with Gasteiger partial charge >= 0.3 is 12.4 Å². The van der Waals surface area contributed by atoms with E-state index < -0.39 is 23.5 Å². The Kier molecular flexibility index (Phi) is 3.93. The maximum Gasteiger partial charge on any atom is 0.417 e. The van der Waals surface area contributed by atoms with E-state index in [1.807, 2.05) is 0 Å². The van der Waals surface area contributed by atoms with E-state index >= 15 is 0 Å². The maximum atomic E-state index is 13.1. The Bertz CT molecular complexity index is 882. The lowest BCUT2D eigenvalue weighted by atomic mass is 10.1. The quantitative estimate of drug-likeness (QED) is 0.654. The lowest BCUT2D eigenvalue weighted by Gasteiger charge is -2.12. The molecule has 0 saturated carbocycles. The largest absolute Gasteiger partial charge is 0.417 e. The topological polar surface area (TPSA) is 56.5 Å². The highest BCUT2D eigenvalue weighted by Crippen LogP contribution is 2.36. The number of tetrazole rings is 1. The van der Waals surface area contributed by atoms with Crippen LogP contribution < -0.4 is 0 Å². The van der Waals surface area contributed by atoms with Crippen LogP contribution in [0.1, 0.15) is 11.1 Å². The maximum absolute atomic E-state index is 13.1. The number of pyridine rings is 1. The zero-order valence-corrected chi connectivity index (χ0v) is 12.0. The van der Waals surface area contributed by atoms with Crippen molar-refractivity contribution in [3.8, 4) is 17.1 Å². The molecule has 0 amide bonds. The number of aromatic nitrogens is 5. The summed E-state index contributed by atoms with van der Waals surface area (Å²) in [5, 5.41) is 10.4. The lowest BCUT2D eigenvalue weighted by Crippen LogP contribution is -2.10. The monoisotopic (exact) mass is 359 g/mol. The summed E-state index contributed by atoms with van der Waals surface area (Å²) in [5.74, 6) is -0.291. The molecule has 2 heterocycles. The van der Waals surface area contributed by atoms with Gasteiger partial charge in [0.05, 0.1) is 22.4 Å². The third-order valence-electron chi connectivity index (χ3n) is 3.28. The van der Waals surface area contributed by atoms with Crippen LogP contribution in [0.2, 0.25) is 0 Å². The molecule has 0 fully saturated rings. The third kappa shape index (κ3) is 3.30. The normalized spacial score (nSPS) is 12.4. The molecular formula is C14H7F6N5. The SMILES string of the molecule is FC(F)(F)c1ccc(-n2nnnc2-c2cnccc2C(F)(F)F)cc1. The first-order valence-electron chi connectivity index (χ1n) is 6.65. The molecule has 0 unspecified atom stereocenters. The summed E-state index contributed by atoms with van der Waals surface area (Å²) in [7, 11) is 0. The fraction of sp³-hybridized carbons (Fsp3) is 0.143. The Balaban J connectivity index is 2.09. The molecule has 0 spiro atoms. The molecule has 0 aliphatic carbocycles. The van der Waals surface area contributed by atoms with Gasteiger partial charge in [-0.15, -0.1) is 5.10 Å². The Hall–Kier alpha value is -2.98. The molecule has 0 aliphatic rings. The molecule has 11 heteroatoms. The smallest absolute Gasteiger partial charge is 0.264 e. The van der Waals surface area contributed by atoms with Crippen LogP contribution in [0, 0.1) is 0 Å². The fourth-order valence-electron chi connectivity index (χ4n) is 2.14. The Morgan fingerprint density at radius 1 is 0.840 bits per heavy atom. The van der Waals surface area contributed by atoms with Crippen LogP contribution in [0.5, 0.6) is 0 Å². The summed E-state index contributed by atoms with van der Waals surface area (Å²) in [5.41, 5.74) is -2.22. The van der Waals surface area contributed by atoms with Crippen molar-refractivity contribution >= 4 is 0 Å². The number of rotatable bonds is 2. The van der Waals surface area contributed by atoms with Crippen LogP contribution >= 0.6 is 0 Å². The van der Waals surface area contributed by atoms with Crippen molar-refractivity contribution in [1.29, 1.82) is 0 Å². The first-order valence-corrected chi connectivity index (χ1v) is 6.65. The standard InChI is InChI=1S/C14H7F6N5/c15-13(16,17)8-1-3-9(4-2-8)25-12(22-23-24-25)10-7-21-6-5-11(10)14(18,19)20/h1-7H. The Morgan fingerprint density at radius 3 is 2.12 bits per heavy atom. The van der Waals surface area contributed by atoms with E-state index in [4.69, 9.17) is 0 Å². The van der Waals surface area contributed by atoms with Crippen molar-refractivity contribution in [2.75, 3.05) is 0 Å². The van der Waals surface area contributed by atoms with Crippen LogP contribution in [-0.2, 0) is 12.4 Å². The molecule has 0 saturated heterocycles. The minimum absolute atomic E-state index is 0.0741. The zero-order chi connectivity index (χ0) is 18.2. The predicted molar refractivity (Wildman–Crippen MR) is 72.4 cm³/mol. The van der Waals surface area contributed by atoms with E-state index in [9.17, 15) is 26.3 Å². The average Bonchev–Trinajstić information content (AvgIpc) is 3.03. The molecule has 0 radical (unpaired) electrons. The molecule has 0 aliphatic heterocycles. The van der Waals surface area contributed by atoms with Gasteiger partial charge in [-0.1, -0.05) is 0 Å². The minimum atomic E-state index is -4.67. The average molecular weight is 359 g/mol. The molecule has 0 atom stereocenters. The van der Waals surface area contributed by atoms with E-state index in [1.165, 1.54) is 0 Å². The molecule has 130 valence electrons. The molecule has 0 bridgehead atoms. The zero-order valence-electron chi connectivity index (χ0n) is 12.0. The van der Waals surface area contributed by atoms with E-state index in [0.29, 0.717) is 0 Å². The highest BCUT2D eigenvalue weighted by Gasteiger charge is 2.35. The summed E-state index contributed by atoms with van der Waals surface area (Å²) in [4.78, 5) is 3.64. The number of hydrogen-bond acceptors (Lipinski definition) is 4. The third-order valence-corrected chi connectivity index (χ3v) is 3.28. The van der Waals surface area contributed by atoms with Crippen molar-refractivity contribution in [2.24, 2.45) is 0 Å². The molecule has 2 aromatic heterocycles. The molecule has 1 aromatic carbocycles. The van der Waals surface area contributed by atoms with Crippen LogP contribution in [0.4, 0.5) is 26.3 Å². The molecule has 5 nitrogen and oxygen atoms in total. The molecule has 25 heavy (non-hydrogen) atoms. The first-order chi connectivity index (χ1) is 11.7. The summed E-state index contributed by atoms with van der Waals surface area (Å²) in [6, 6.07) is 4.46. The van der Waals surface area contributed by atoms with Crippen molar-refractivity contribution in [1.82, 2.24) is 25.2 Å². The van der Waals surface area contributed by atoms with Gasteiger partial charge < -0.3 is 0 Å². The minimum Gasteiger partial charge on any atom is -0.264 e. The van der Waals surface area contributed by atoms with E-state index in [2.05, 4.69) is 20.5 Å². The van der Waals surface area contributed by atoms with E-state index in [1.54, 1.807) is 0 Å². The molecule has 0 N–H and O–H groups in total. The number of halogens is 6. The second-order valence-electron chi connectivity index (χ2n) is 4.88. The highest BCUT2D eigenvalue weighted by atomic mass is 19.4. The number of nitrogens with zero attached hydrogens (tertiary/aromatic N) is 5. The second kappa shape index (κ2) is 5.83. The molecule has 3 aromatic rings. The van der Waals surface area contributed by atoms with Crippen molar-refractivity contribution in [3.63, 3.8) is 0 Å². The summed E-state index contributed by atoms with van der Waals surface area (Å²) in [6.45, 7) is 0. The van der Waals surface area contributed by atoms with Gasteiger partial charge in [0, 0.05) is 12.4 Å². The van der Waals surface area contributed by atoms with Gasteiger partial charge in [0.1, 0.15) is 0 Å². The van der Waals surface area contributed by atoms with Crippen molar-refractivity contribution in [3.05, 3.63) is 53.9 Å². The van der Waals surface area contributed by atoms with Crippen LogP contribution in [0.15, 0.2) is 42.7 Å². The van der Waals surface area contributed by atoms with Crippen molar-refractivity contribution in [2.45, 2.75) is 12.4 Å². The number of alkyl halides is 6. The summed E-state index contributed by atoms with van der Waals surface area (Å²) in [6.07, 6.45) is -7.29.